The van der Waals surface area contributed by atoms with Gasteiger partial charge in [-0.1, -0.05) is 26.8 Å². The summed E-state index contributed by atoms with van der Waals surface area (Å²) in [6.45, 7) is 8.19. The van der Waals surface area contributed by atoms with Gasteiger partial charge in [-0.05, 0) is 68.3 Å². The molecular formula is C23H33N5O2. The first kappa shape index (κ1) is 20.9. The molecule has 1 aromatic carbocycles. The molecule has 0 unspecified atom stereocenters. The summed E-state index contributed by atoms with van der Waals surface area (Å²) in [6, 6.07) is 6.82. The predicted octanol–water partition coefficient (Wildman–Crippen LogP) is 3.81. The summed E-state index contributed by atoms with van der Waals surface area (Å²) in [5, 5.41) is 6.86. The highest BCUT2D eigenvalue weighted by atomic mass is 16.5. The summed E-state index contributed by atoms with van der Waals surface area (Å²) >= 11 is 0. The summed E-state index contributed by atoms with van der Waals surface area (Å²) in [6.07, 6.45) is 6.84. The van der Waals surface area contributed by atoms with Crippen LogP contribution >= 0.6 is 0 Å². The van der Waals surface area contributed by atoms with E-state index >= 15 is 0 Å². The highest BCUT2D eigenvalue weighted by molar-refractivity contribution is 5.73. The van der Waals surface area contributed by atoms with E-state index in [2.05, 4.69) is 48.5 Å². The van der Waals surface area contributed by atoms with Gasteiger partial charge in [0.1, 0.15) is 0 Å². The van der Waals surface area contributed by atoms with Crippen LogP contribution in [0.4, 0.5) is 11.5 Å². The Balaban J connectivity index is 1.49. The zero-order chi connectivity index (χ0) is 21.3. The molecule has 0 atom stereocenters. The molecule has 0 bridgehead atoms. The van der Waals surface area contributed by atoms with Gasteiger partial charge in [-0.3, -0.25) is 4.57 Å². The van der Waals surface area contributed by atoms with Gasteiger partial charge in [0.2, 0.25) is 0 Å². The van der Waals surface area contributed by atoms with E-state index in [4.69, 9.17) is 10.5 Å². The second-order valence-electron chi connectivity index (χ2n) is 9.43. The maximum absolute atomic E-state index is 12.7. The number of rotatable bonds is 5. The number of nitrogens with zero attached hydrogens (tertiary/aromatic N) is 2. The van der Waals surface area contributed by atoms with Crippen LogP contribution in [-0.2, 0) is 5.41 Å². The lowest BCUT2D eigenvalue weighted by Gasteiger charge is -2.31. The minimum Gasteiger partial charge on any atom is -0.450 e. The maximum atomic E-state index is 12.7. The first-order chi connectivity index (χ1) is 14.3. The van der Waals surface area contributed by atoms with E-state index in [0.29, 0.717) is 24.2 Å². The molecule has 1 aliphatic carbocycles. The third-order valence-electron chi connectivity index (χ3n) is 6.14. The number of anilines is 2. The van der Waals surface area contributed by atoms with Crippen LogP contribution < -0.4 is 26.8 Å². The second kappa shape index (κ2) is 8.40. The lowest BCUT2D eigenvalue weighted by molar-refractivity contribution is 0.282. The molecule has 30 heavy (non-hydrogen) atoms. The molecule has 2 aliphatic rings. The zero-order valence-corrected chi connectivity index (χ0v) is 18.2. The first-order valence-corrected chi connectivity index (χ1v) is 11.0. The highest BCUT2D eigenvalue weighted by Crippen LogP contribution is 2.42. The van der Waals surface area contributed by atoms with Crippen LogP contribution in [0.15, 0.2) is 29.2 Å². The van der Waals surface area contributed by atoms with E-state index in [9.17, 15) is 4.79 Å². The number of hydrogen-bond acceptors (Lipinski definition) is 6. The van der Waals surface area contributed by atoms with Crippen molar-refractivity contribution in [3.63, 3.8) is 0 Å². The monoisotopic (exact) mass is 411 g/mol. The van der Waals surface area contributed by atoms with Gasteiger partial charge >= 0.3 is 5.69 Å². The summed E-state index contributed by atoms with van der Waals surface area (Å²) in [7, 11) is 0. The average molecular weight is 412 g/mol. The molecule has 0 spiro atoms. The third-order valence-corrected chi connectivity index (χ3v) is 6.14. The van der Waals surface area contributed by atoms with Gasteiger partial charge in [0.05, 0.1) is 11.9 Å². The van der Waals surface area contributed by atoms with Gasteiger partial charge in [0.25, 0.3) is 0 Å². The fraction of sp³-hybridized carbons (Fsp3) is 0.565. The van der Waals surface area contributed by atoms with E-state index in [1.165, 1.54) is 5.56 Å². The largest absolute Gasteiger partial charge is 0.450 e. The SMILES string of the molecule is CC(C)(C)c1ccc2c(c1)Nc1nc(=O)n(C3CCC(NCCCN)CC3)cc1O2. The number of ether oxygens (including phenoxy) is 1. The van der Waals surface area contributed by atoms with Crippen molar-refractivity contribution in [3.05, 3.63) is 40.4 Å². The van der Waals surface area contributed by atoms with E-state index in [-0.39, 0.29) is 17.1 Å². The summed E-state index contributed by atoms with van der Waals surface area (Å²) < 4.78 is 7.86. The minimum absolute atomic E-state index is 0.0336. The molecule has 1 saturated carbocycles. The Morgan fingerprint density at radius 1 is 1.23 bits per heavy atom. The van der Waals surface area contributed by atoms with Crippen molar-refractivity contribution in [2.75, 3.05) is 18.4 Å². The molecule has 4 rings (SSSR count). The topological polar surface area (TPSA) is 94.2 Å². The molecule has 2 aromatic rings. The van der Waals surface area contributed by atoms with Crippen molar-refractivity contribution in [1.82, 2.24) is 14.9 Å². The molecule has 162 valence electrons. The molecule has 7 nitrogen and oxygen atoms in total. The van der Waals surface area contributed by atoms with Crippen LogP contribution in [0, 0.1) is 0 Å². The molecular weight excluding hydrogens is 378 g/mol. The Morgan fingerprint density at radius 3 is 2.70 bits per heavy atom. The lowest BCUT2D eigenvalue weighted by atomic mass is 9.86. The van der Waals surface area contributed by atoms with E-state index in [1.54, 1.807) is 4.57 Å². The molecule has 7 heteroatoms. The quantitative estimate of drug-likeness (QED) is 0.553. The van der Waals surface area contributed by atoms with Gasteiger partial charge in [-0.25, -0.2) is 4.79 Å². The predicted molar refractivity (Wildman–Crippen MR) is 120 cm³/mol. The van der Waals surface area contributed by atoms with Crippen LogP contribution in [0.5, 0.6) is 11.5 Å². The Kier molecular flexibility index (Phi) is 5.84. The van der Waals surface area contributed by atoms with E-state index in [0.717, 1.165) is 50.1 Å². The van der Waals surface area contributed by atoms with Crippen molar-refractivity contribution in [1.29, 1.82) is 0 Å². The normalized spacial score (nSPS) is 20.7. The fourth-order valence-corrected chi connectivity index (χ4v) is 4.27. The van der Waals surface area contributed by atoms with Crippen LogP contribution in [0.1, 0.15) is 64.5 Å². The molecule has 0 saturated heterocycles. The summed E-state index contributed by atoms with van der Waals surface area (Å²) in [4.78, 5) is 17.0. The van der Waals surface area contributed by atoms with Crippen molar-refractivity contribution in [3.8, 4) is 11.5 Å². The molecule has 1 aromatic heterocycles. The maximum Gasteiger partial charge on any atom is 0.350 e. The molecule has 4 N–H and O–H groups in total. The molecule has 2 heterocycles. The summed E-state index contributed by atoms with van der Waals surface area (Å²) in [5.74, 6) is 1.86. The average Bonchev–Trinajstić information content (AvgIpc) is 2.71. The van der Waals surface area contributed by atoms with Gasteiger partial charge in [0.15, 0.2) is 17.3 Å². The third kappa shape index (κ3) is 4.37. The van der Waals surface area contributed by atoms with Gasteiger partial charge in [0, 0.05) is 12.1 Å². The molecule has 0 radical (unpaired) electrons. The standard InChI is InChI=1S/C23H33N5O2/c1-23(2,3)15-5-10-19-18(13-15)26-21-20(30-19)14-28(22(29)27-21)17-8-6-16(7-9-17)25-12-4-11-24/h5,10,13-14,16-17,25H,4,6-9,11-12,24H2,1-3H3,(H,26,27,29). The number of hydrogen-bond donors (Lipinski definition) is 3. The zero-order valence-electron chi connectivity index (χ0n) is 18.2. The van der Waals surface area contributed by atoms with Crippen molar-refractivity contribution < 1.29 is 4.74 Å². The number of aromatic nitrogens is 2. The van der Waals surface area contributed by atoms with Gasteiger partial charge < -0.3 is 21.1 Å². The van der Waals surface area contributed by atoms with E-state index in [1.807, 2.05) is 12.3 Å². The number of nitrogens with one attached hydrogen (secondary N) is 2. The Morgan fingerprint density at radius 2 is 2.00 bits per heavy atom. The van der Waals surface area contributed by atoms with Crippen molar-refractivity contribution in [2.24, 2.45) is 5.73 Å². The Bertz CT molecular complexity index is 955. The Hall–Kier alpha value is -2.38. The van der Waals surface area contributed by atoms with Crippen LogP contribution in [-0.4, -0.2) is 28.7 Å². The Labute approximate surface area is 178 Å². The van der Waals surface area contributed by atoms with Crippen LogP contribution in [0.25, 0.3) is 0 Å². The van der Waals surface area contributed by atoms with Crippen molar-refractivity contribution >= 4 is 11.5 Å². The van der Waals surface area contributed by atoms with Crippen LogP contribution in [0.3, 0.4) is 0 Å². The molecule has 1 fully saturated rings. The molecule has 1 aliphatic heterocycles. The smallest absolute Gasteiger partial charge is 0.350 e. The number of fused-ring (bicyclic) bond motifs is 2. The number of benzene rings is 1. The molecule has 0 amide bonds. The summed E-state index contributed by atoms with van der Waals surface area (Å²) in [5.41, 5.74) is 7.43. The van der Waals surface area contributed by atoms with Gasteiger partial charge in [-0.15, -0.1) is 0 Å². The van der Waals surface area contributed by atoms with Crippen molar-refractivity contribution in [2.45, 2.75) is 70.4 Å². The van der Waals surface area contributed by atoms with Crippen LogP contribution in [0.2, 0.25) is 0 Å². The minimum atomic E-state index is -0.222. The second-order valence-corrected chi connectivity index (χ2v) is 9.43. The first-order valence-electron chi connectivity index (χ1n) is 11.0. The number of nitrogens with two attached hydrogens (primary N) is 1. The van der Waals surface area contributed by atoms with Gasteiger partial charge in [-0.2, -0.15) is 4.98 Å². The lowest BCUT2D eigenvalue weighted by Crippen LogP contribution is -2.37. The highest BCUT2D eigenvalue weighted by Gasteiger charge is 2.26. The van der Waals surface area contributed by atoms with E-state index < -0.39 is 0 Å². The fourth-order valence-electron chi connectivity index (χ4n) is 4.27.